The Morgan fingerprint density at radius 2 is 1.85 bits per heavy atom. The monoisotopic (exact) mass is 386 g/mol. The third-order valence-corrected chi connectivity index (χ3v) is 5.04. The molecule has 2 amide bonds. The number of nitrogens with zero attached hydrogens (tertiary/aromatic N) is 1. The third-order valence-electron chi connectivity index (χ3n) is 4.80. The molecular formula is C21H23ClN2O3. The van der Waals surface area contributed by atoms with E-state index in [2.05, 4.69) is 5.32 Å². The Balaban J connectivity index is 1.52. The minimum Gasteiger partial charge on any atom is -0.496 e. The number of benzene rings is 2. The topological polar surface area (TPSA) is 58.6 Å². The van der Waals surface area contributed by atoms with Crippen molar-refractivity contribution in [2.24, 2.45) is 0 Å². The van der Waals surface area contributed by atoms with Crippen LogP contribution in [-0.4, -0.2) is 43.0 Å². The van der Waals surface area contributed by atoms with Crippen LogP contribution in [0.25, 0.3) is 0 Å². The van der Waals surface area contributed by atoms with Crippen LogP contribution in [0, 0.1) is 0 Å². The Hall–Kier alpha value is -2.53. The van der Waals surface area contributed by atoms with Crippen molar-refractivity contribution in [2.75, 3.05) is 20.2 Å². The Morgan fingerprint density at radius 1 is 1.15 bits per heavy atom. The van der Waals surface area contributed by atoms with E-state index in [0.29, 0.717) is 29.4 Å². The first kappa shape index (κ1) is 19.2. The zero-order valence-electron chi connectivity index (χ0n) is 15.3. The maximum Gasteiger partial charge on any atom is 0.251 e. The summed E-state index contributed by atoms with van der Waals surface area (Å²) in [6.45, 7) is 1.25. The Bertz CT molecular complexity index is 802. The van der Waals surface area contributed by atoms with E-state index in [-0.39, 0.29) is 24.3 Å². The molecule has 0 aliphatic carbocycles. The van der Waals surface area contributed by atoms with Crippen molar-refractivity contribution in [1.82, 2.24) is 10.2 Å². The molecule has 0 aromatic heterocycles. The molecule has 6 heteroatoms. The highest BCUT2D eigenvalue weighted by Crippen LogP contribution is 2.24. The fourth-order valence-corrected chi connectivity index (χ4v) is 3.49. The molecule has 0 bridgehead atoms. The quantitative estimate of drug-likeness (QED) is 0.857. The number of likely N-dealkylation sites (tertiary alicyclic amines) is 1. The summed E-state index contributed by atoms with van der Waals surface area (Å²) in [6.07, 6.45) is 1.75. The maximum atomic E-state index is 12.6. The second-order valence-corrected chi connectivity index (χ2v) is 7.06. The number of hydrogen-bond donors (Lipinski definition) is 1. The van der Waals surface area contributed by atoms with E-state index < -0.39 is 0 Å². The first-order chi connectivity index (χ1) is 13.1. The highest BCUT2D eigenvalue weighted by Gasteiger charge is 2.24. The summed E-state index contributed by atoms with van der Waals surface area (Å²) < 4.78 is 5.31. The Morgan fingerprint density at radius 3 is 2.52 bits per heavy atom. The number of ether oxygens (including phenoxy) is 1. The second-order valence-electron chi connectivity index (χ2n) is 6.63. The number of piperidine rings is 1. The van der Waals surface area contributed by atoms with Crippen molar-refractivity contribution in [3.05, 3.63) is 64.7 Å². The lowest BCUT2D eigenvalue weighted by atomic mass is 10.0. The molecule has 1 aliphatic rings. The molecule has 2 aromatic carbocycles. The minimum absolute atomic E-state index is 0.0448. The summed E-state index contributed by atoms with van der Waals surface area (Å²) in [4.78, 5) is 26.7. The van der Waals surface area contributed by atoms with Crippen LogP contribution in [0.3, 0.4) is 0 Å². The molecule has 1 saturated heterocycles. The lowest BCUT2D eigenvalue weighted by molar-refractivity contribution is -0.131. The van der Waals surface area contributed by atoms with Crippen LogP contribution in [0.15, 0.2) is 48.5 Å². The van der Waals surface area contributed by atoms with Gasteiger partial charge in [0.1, 0.15) is 5.75 Å². The molecule has 1 fully saturated rings. The molecule has 1 N–H and O–H groups in total. The zero-order valence-corrected chi connectivity index (χ0v) is 16.0. The molecule has 2 aromatic rings. The fraction of sp³-hybridized carbons (Fsp3) is 0.333. The van der Waals surface area contributed by atoms with E-state index in [1.54, 1.807) is 37.4 Å². The van der Waals surface area contributed by atoms with Crippen molar-refractivity contribution in [3.63, 3.8) is 0 Å². The molecule has 0 atom stereocenters. The van der Waals surface area contributed by atoms with Crippen LogP contribution in [0.1, 0.15) is 28.8 Å². The fourth-order valence-electron chi connectivity index (χ4n) is 3.29. The van der Waals surface area contributed by atoms with Crippen molar-refractivity contribution >= 4 is 23.4 Å². The van der Waals surface area contributed by atoms with Crippen molar-refractivity contribution in [2.45, 2.75) is 25.3 Å². The number of hydrogen-bond acceptors (Lipinski definition) is 3. The second kappa shape index (κ2) is 8.91. The van der Waals surface area contributed by atoms with Gasteiger partial charge in [-0.2, -0.15) is 0 Å². The van der Waals surface area contributed by atoms with Gasteiger partial charge in [-0.1, -0.05) is 29.8 Å². The lowest BCUT2D eigenvalue weighted by Gasteiger charge is -2.32. The molecule has 1 aliphatic heterocycles. The number of carbonyl (C=O) groups excluding carboxylic acids is 2. The van der Waals surface area contributed by atoms with Gasteiger partial charge in [0.15, 0.2) is 0 Å². The van der Waals surface area contributed by atoms with Crippen LogP contribution in [-0.2, 0) is 11.2 Å². The number of methoxy groups -OCH3 is 1. The molecule has 1 heterocycles. The van der Waals surface area contributed by atoms with Gasteiger partial charge in [0, 0.05) is 35.3 Å². The summed E-state index contributed by atoms with van der Waals surface area (Å²) in [6, 6.07) is 14.5. The summed E-state index contributed by atoms with van der Waals surface area (Å²) in [5.41, 5.74) is 1.44. The summed E-state index contributed by atoms with van der Waals surface area (Å²) in [7, 11) is 1.58. The number of carbonyl (C=O) groups is 2. The van der Waals surface area contributed by atoms with Gasteiger partial charge >= 0.3 is 0 Å². The Labute approximate surface area is 164 Å². The average molecular weight is 387 g/mol. The molecule has 27 heavy (non-hydrogen) atoms. The first-order valence-electron chi connectivity index (χ1n) is 9.03. The lowest BCUT2D eigenvalue weighted by Crippen LogP contribution is -2.47. The number of amides is 2. The predicted molar refractivity (Wildman–Crippen MR) is 105 cm³/mol. The number of halogens is 1. The summed E-state index contributed by atoms with van der Waals surface area (Å²) >= 11 is 6.04. The van der Waals surface area contributed by atoms with E-state index in [4.69, 9.17) is 16.3 Å². The summed E-state index contributed by atoms with van der Waals surface area (Å²) in [5, 5.41) is 3.64. The summed E-state index contributed by atoms with van der Waals surface area (Å²) in [5.74, 6) is 0.644. The third kappa shape index (κ3) is 5.01. The first-order valence-corrected chi connectivity index (χ1v) is 9.40. The SMILES string of the molecule is COc1ccc(Cl)cc1CC(=O)N1CCC(NC(=O)c2ccccc2)CC1. The van der Waals surface area contributed by atoms with E-state index in [9.17, 15) is 9.59 Å². The Kier molecular flexibility index (Phi) is 6.35. The van der Waals surface area contributed by atoms with E-state index in [1.807, 2.05) is 23.1 Å². The van der Waals surface area contributed by atoms with Gasteiger partial charge in [-0.25, -0.2) is 0 Å². The van der Waals surface area contributed by atoms with Gasteiger partial charge in [-0.05, 0) is 43.2 Å². The number of nitrogens with one attached hydrogen (secondary N) is 1. The number of rotatable bonds is 5. The molecule has 5 nitrogen and oxygen atoms in total. The molecule has 0 saturated carbocycles. The molecular weight excluding hydrogens is 364 g/mol. The molecule has 0 radical (unpaired) electrons. The van der Waals surface area contributed by atoms with Crippen molar-refractivity contribution in [3.8, 4) is 5.75 Å². The van der Waals surface area contributed by atoms with Crippen molar-refractivity contribution in [1.29, 1.82) is 0 Å². The van der Waals surface area contributed by atoms with Gasteiger partial charge < -0.3 is 15.0 Å². The highest BCUT2D eigenvalue weighted by molar-refractivity contribution is 6.30. The molecule has 0 spiro atoms. The van der Waals surface area contributed by atoms with Crippen LogP contribution in [0.2, 0.25) is 5.02 Å². The van der Waals surface area contributed by atoms with E-state index in [1.165, 1.54) is 0 Å². The maximum absolute atomic E-state index is 12.6. The van der Waals surface area contributed by atoms with Gasteiger partial charge in [0.2, 0.25) is 5.91 Å². The van der Waals surface area contributed by atoms with Gasteiger partial charge in [-0.15, -0.1) is 0 Å². The predicted octanol–water partition coefficient (Wildman–Crippen LogP) is 3.31. The normalized spacial score (nSPS) is 14.7. The van der Waals surface area contributed by atoms with Gasteiger partial charge in [-0.3, -0.25) is 9.59 Å². The van der Waals surface area contributed by atoms with Crippen LogP contribution in [0.4, 0.5) is 0 Å². The van der Waals surface area contributed by atoms with Crippen LogP contribution in [0.5, 0.6) is 5.75 Å². The highest BCUT2D eigenvalue weighted by atomic mass is 35.5. The molecule has 0 unspecified atom stereocenters. The standard InChI is InChI=1S/C21H23ClN2O3/c1-27-19-8-7-17(22)13-16(19)14-20(25)24-11-9-18(10-12-24)23-21(26)15-5-3-2-4-6-15/h2-8,13,18H,9-12,14H2,1H3,(H,23,26). The minimum atomic E-state index is -0.0657. The average Bonchev–Trinajstić information content (AvgIpc) is 2.69. The molecule has 142 valence electrons. The smallest absolute Gasteiger partial charge is 0.251 e. The molecule has 3 rings (SSSR count). The zero-order chi connectivity index (χ0) is 19.2. The van der Waals surface area contributed by atoms with Crippen LogP contribution < -0.4 is 10.1 Å². The van der Waals surface area contributed by atoms with Gasteiger partial charge in [0.25, 0.3) is 5.91 Å². The largest absolute Gasteiger partial charge is 0.496 e. The van der Waals surface area contributed by atoms with Gasteiger partial charge in [0.05, 0.1) is 13.5 Å². The van der Waals surface area contributed by atoms with E-state index in [0.717, 1.165) is 18.4 Å². The van der Waals surface area contributed by atoms with E-state index >= 15 is 0 Å². The van der Waals surface area contributed by atoms with Crippen molar-refractivity contribution < 1.29 is 14.3 Å². The van der Waals surface area contributed by atoms with Crippen LogP contribution >= 0.6 is 11.6 Å².